The van der Waals surface area contributed by atoms with Gasteiger partial charge in [-0.05, 0) is 138 Å². The van der Waals surface area contributed by atoms with E-state index in [1.807, 2.05) is 0 Å². The Morgan fingerprint density at radius 2 is 1.00 bits per heavy atom. The van der Waals surface area contributed by atoms with Gasteiger partial charge in [0.05, 0.1) is 5.69 Å². The molecule has 9 aromatic rings. The predicted molar refractivity (Wildman–Crippen MR) is 292 cm³/mol. The first kappa shape index (κ1) is 43.2. The van der Waals surface area contributed by atoms with E-state index in [4.69, 9.17) is 4.98 Å². The number of rotatable bonds is 6. The van der Waals surface area contributed by atoms with Crippen LogP contribution in [0.1, 0.15) is 79.0 Å². The van der Waals surface area contributed by atoms with Crippen LogP contribution in [0.25, 0.3) is 21.9 Å². The highest BCUT2D eigenvalue weighted by molar-refractivity contribution is 7.00. The molecule has 5 heteroatoms. The molecule has 1 aromatic heterocycles. The lowest BCUT2D eigenvalue weighted by Gasteiger charge is -2.44. The molecule has 4 nitrogen and oxygen atoms in total. The second kappa shape index (κ2) is 16.2. The maximum absolute atomic E-state index is 5.99. The highest BCUT2D eigenvalue weighted by atomic mass is 15.3. The average molecular weight is 883 g/mol. The van der Waals surface area contributed by atoms with Crippen molar-refractivity contribution < 1.29 is 0 Å². The third-order valence-electron chi connectivity index (χ3n) is 14.1. The minimum Gasteiger partial charge on any atom is -0.311 e. The maximum Gasteiger partial charge on any atom is 0.254 e. The third kappa shape index (κ3) is 7.36. The van der Waals surface area contributed by atoms with Crippen LogP contribution >= 0.6 is 0 Å². The number of anilines is 9. The summed E-state index contributed by atoms with van der Waals surface area (Å²) in [5.74, 6) is 1.78. The molecule has 68 heavy (non-hydrogen) atoms. The fourth-order valence-electron chi connectivity index (χ4n) is 10.4. The minimum atomic E-state index is -0.133. The number of fused-ring (bicyclic) bond motifs is 5. The molecule has 334 valence electrons. The van der Waals surface area contributed by atoms with Gasteiger partial charge >= 0.3 is 0 Å². The summed E-state index contributed by atoms with van der Waals surface area (Å²) in [6.45, 7) is 20.7. The van der Waals surface area contributed by atoms with Gasteiger partial charge in [0.1, 0.15) is 11.6 Å². The zero-order valence-electron chi connectivity index (χ0n) is 40.8. The SMILES string of the molecule is CC(C)(C)c1ccc(N(c2ccc3c(n2)N(c2ccccc2)c2cc(C(C)(C)C)cc4c2B3c2ccccc2N4c2ccccc2)c2ccc(C(C)(C)C)cc2-c2cccc3ccccc23)cc1. The van der Waals surface area contributed by atoms with Crippen molar-refractivity contribution in [1.29, 1.82) is 0 Å². The number of hydrogen-bond donors (Lipinski definition) is 0. The van der Waals surface area contributed by atoms with E-state index in [1.165, 1.54) is 66.4 Å². The van der Waals surface area contributed by atoms with Crippen molar-refractivity contribution >= 4 is 85.3 Å². The molecule has 0 N–H and O–H groups in total. The molecule has 0 atom stereocenters. The Kier molecular flexibility index (Phi) is 10.3. The van der Waals surface area contributed by atoms with E-state index < -0.39 is 0 Å². The molecule has 0 amide bonds. The van der Waals surface area contributed by atoms with Gasteiger partial charge in [-0.25, -0.2) is 4.98 Å². The molecule has 0 radical (unpaired) electrons. The zero-order chi connectivity index (χ0) is 47.1. The molecule has 0 saturated heterocycles. The molecule has 3 heterocycles. The van der Waals surface area contributed by atoms with Crippen molar-refractivity contribution in [2.45, 2.75) is 78.6 Å². The van der Waals surface area contributed by atoms with Crippen LogP contribution < -0.4 is 31.1 Å². The molecule has 0 unspecified atom stereocenters. The molecular formula is C63H59BN4. The molecule has 2 aliphatic rings. The first-order valence-corrected chi connectivity index (χ1v) is 24.2. The molecule has 0 aliphatic carbocycles. The Labute approximate surface area is 403 Å². The van der Waals surface area contributed by atoms with E-state index in [1.54, 1.807) is 0 Å². The Morgan fingerprint density at radius 1 is 0.426 bits per heavy atom. The van der Waals surface area contributed by atoms with Crippen LogP contribution in [0, 0.1) is 0 Å². The van der Waals surface area contributed by atoms with E-state index in [0.717, 1.165) is 40.1 Å². The normalized spacial score (nSPS) is 13.3. The number of aromatic nitrogens is 1. The third-order valence-corrected chi connectivity index (χ3v) is 14.1. The van der Waals surface area contributed by atoms with Crippen LogP contribution in [0.5, 0.6) is 0 Å². The molecular weight excluding hydrogens is 824 g/mol. The van der Waals surface area contributed by atoms with E-state index >= 15 is 0 Å². The first-order valence-electron chi connectivity index (χ1n) is 24.2. The summed E-state index contributed by atoms with van der Waals surface area (Å²) in [5, 5.41) is 2.44. The standard InChI is InChI=1S/C63H59BN4/c1-61(2,3)43-31-34-48(35-32-43)67(54-37-33-44(62(4,5)6)39-51(54)50-28-20-22-42-21-16-17-27-49(42)50)58-38-36-53-60(65-58)68(47-25-14-11-15-26-47)57-41-45(63(7,8)9)40-56-59(57)64(53)52-29-18-19-30-55(52)66(56)46-23-12-10-13-24-46/h10-41H,1-9H3. The summed E-state index contributed by atoms with van der Waals surface area (Å²) in [6, 6.07) is 71.9. The summed E-state index contributed by atoms with van der Waals surface area (Å²) in [7, 11) is 0. The summed E-state index contributed by atoms with van der Waals surface area (Å²) in [6.07, 6.45) is 0. The van der Waals surface area contributed by atoms with E-state index in [2.05, 4.69) is 271 Å². The Bertz CT molecular complexity index is 3350. The van der Waals surface area contributed by atoms with Gasteiger partial charge in [-0.15, -0.1) is 0 Å². The minimum absolute atomic E-state index is 0.00336. The van der Waals surface area contributed by atoms with Crippen LogP contribution in [0.15, 0.2) is 194 Å². The fourth-order valence-corrected chi connectivity index (χ4v) is 10.4. The molecule has 2 aliphatic heterocycles. The zero-order valence-corrected chi connectivity index (χ0v) is 40.8. The molecule has 0 bridgehead atoms. The molecule has 0 saturated carbocycles. The molecule has 11 rings (SSSR count). The average Bonchev–Trinajstić information content (AvgIpc) is 3.33. The first-order chi connectivity index (χ1) is 32.6. The van der Waals surface area contributed by atoms with Gasteiger partial charge in [-0.3, -0.25) is 9.80 Å². The van der Waals surface area contributed by atoms with Crippen LogP contribution in [0.4, 0.5) is 51.4 Å². The van der Waals surface area contributed by atoms with Crippen LogP contribution in [0.2, 0.25) is 0 Å². The topological polar surface area (TPSA) is 22.6 Å². The Hall–Kier alpha value is -7.37. The number of para-hydroxylation sites is 3. The van der Waals surface area contributed by atoms with E-state index in [9.17, 15) is 0 Å². The smallest absolute Gasteiger partial charge is 0.254 e. The van der Waals surface area contributed by atoms with Crippen molar-refractivity contribution in [1.82, 2.24) is 4.98 Å². The lowest BCUT2D eigenvalue weighted by molar-refractivity contribution is 0.590. The summed E-state index contributed by atoms with van der Waals surface area (Å²) in [5.41, 5.74) is 17.6. The monoisotopic (exact) mass is 882 g/mol. The molecule has 0 spiro atoms. The number of hydrogen-bond acceptors (Lipinski definition) is 4. The predicted octanol–water partition coefficient (Wildman–Crippen LogP) is 15.3. The van der Waals surface area contributed by atoms with Gasteiger partial charge < -0.3 is 4.90 Å². The van der Waals surface area contributed by atoms with Crippen molar-refractivity contribution in [2.24, 2.45) is 0 Å². The second-order valence-electron chi connectivity index (χ2n) is 21.7. The highest BCUT2D eigenvalue weighted by Crippen LogP contribution is 2.48. The van der Waals surface area contributed by atoms with Crippen molar-refractivity contribution in [3.8, 4) is 11.1 Å². The summed E-state index contributed by atoms with van der Waals surface area (Å²) < 4.78 is 0. The summed E-state index contributed by atoms with van der Waals surface area (Å²) in [4.78, 5) is 13.3. The van der Waals surface area contributed by atoms with Gasteiger partial charge in [0.15, 0.2) is 0 Å². The van der Waals surface area contributed by atoms with Crippen molar-refractivity contribution in [2.75, 3.05) is 14.7 Å². The Balaban J connectivity index is 1.21. The molecule has 8 aromatic carbocycles. The second-order valence-corrected chi connectivity index (χ2v) is 21.7. The number of pyridine rings is 1. The van der Waals surface area contributed by atoms with Crippen LogP contribution in [0.3, 0.4) is 0 Å². The van der Waals surface area contributed by atoms with Crippen molar-refractivity contribution in [3.05, 3.63) is 211 Å². The highest BCUT2D eigenvalue weighted by Gasteiger charge is 2.45. The van der Waals surface area contributed by atoms with Gasteiger partial charge in [-0.2, -0.15) is 0 Å². The molecule has 0 fully saturated rings. The summed E-state index contributed by atoms with van der Waals surface area (Å²) >= 11 is 0. The van der Waals surface area contributed by atoms with E-state index in [0.29, 0.717) is 0 Å². The van der Waals surface area contributed by atoms with Crippen LogP contribution in [-0.4, -0.2) is 11.7 Å². The fraction of sp³-hybridized carbons (Fsp3) is 0.190. The lowest BCUT2D eigenvalue weighted by Crippen LogP contribution is -2.61. The van der Waals surface area contributed by atoms with Gasteiger partial charge in [0.25, 0.3) is 6.71 Å². The van der Waals surface area contributed by atoms with Gasteiger partial charge in [0, 0.05) is 39.7 Å². The Morgan fingerprint density at radius 3 is 1.68 bits per heavy atom. The van der Waals surface area contributed by atoms with Crippen LogP contribution in [-0.2, 0) is 16.2 Å². The van der Waals surface area contributed by atoms with Crippen molar-refractivity contribution in [3.63, 3.8) is 0 Å². The van der Waals surface area contributed by atoms with Gasteiger partial charge in [-0.1, -0.05) is 184 Å². The maximum atomic E-state index is 5.99. The lowest BCUT2D eigenvalue weighted by atomic mass is 9.33. The number of benzene rings is 8. The largest absolute Gasteiger partial charge is 0.311 e. The quantitative estimate of drug-likeness (QED) is 0.155. The van der Waals surface area contributed by atoms with E-state index in [-0.39, 0.29) is 23.0 Å². The van der Waals surface area contributed by atoms with Gasteiger partial charge in [0.2, 0.25) is 0 Å². The number of nitrogens with zero attached hydrogens (tertiary/aromatic N) is 4.